The molecule has 1 aliphatic rings. The van der Waals surface area contributed by atoms with Gasteiger partial charge in [-0.3, -0.25) is 9.59 Å². The van der Waals surface area contributed by atoms with Crippen LogP contribution in [0.25, 0.3) is 0 Å². The van der Waals surface area contributed by atoms with Gasteiger partial charge in [0, 0.05) is 23.7 Å². The average molecular weight is 304 g/mol. The Balaban J connectivity index is 1.82. The lowest BCUT2D eigenvalue weighted by atomic mass is 10.1. The van der Waals surface area contributed by atoms with Crippen molar-refractivity contribution in [2.24, 2.45) is 11.8 Å². The first kappa shape index (κ1) is 16.3. The summed E-state index contributed by atoms with van der Waals surface area (Å²) in [6.07, 6.45) is 1.94. The van der Waals surface area contributed by atoms with Gasteiger partial charge in [-0.25, -0.2) is 0 Å². The molecule has 5 heteroatoms. The van der Waals surface area contributed by atoms with E-state index in [1.54, 1.807) is 18.2 Å². The van der Waals surface area contributed by atoms with Crippen LogP contribution in [0.1, 0.15) is 33.6 Å². The van der Waals surface area contributed by atoms with Gasteiger partial charge in [-0.05, 0) is 37.8 Å². The molecule has 1 saturated carbocycles. The quantitative estimate of drug-likeness (QED) is 0.813. The van der Waals surface area contributed by atoms with Crippen molar-refractivity contribution in [3.05, 3.63) is 24.3 Å². The standard InChI is InChI=1S/C17H24N2O3/c1-11(2)12(3)18-16(20)10-22-15-6-4-5-14(9-15)19-17(21)13-7-8-13/h4-6,9,11-13H,7-8,10H2,1-3H3,(H,18,20)(H,19,21). The number of ether oxygens (including phenoxy) is 1. The van der Waals surface area contributed by atoms with E-state index in [0.717, 1.165) is 12.8 Å². The van der Waals surface area contributed by atoms with Gasteiger partial charge < -0.3 is 15.4 Å². The van der Waals surface area contributed by atoms with Crippen LogP contribution in [0.15, 0.2) is 24.3 Å². The van der Waals surface area contributed by atoms with Crippen molar-refractivity contribution in [2.75, 3.05) is 11.9 Å². The third kappa shape index (κ3) is 5.06. The monoisotopic (exact) mass is 304 g/mol. The van der Waals surface area contributed by atoms with E-state index in [1.807, 2.05) is 13.0 Å². The fraction of sp³-hybridized carbons (Fsp3) is 0.529. The molecule has 1 aliphatic carbocycles. The molecule has 1 aromatic carbocycles. The summed E-state index contributed by atoms with van der Waals surface area (Å²) in [7, 11) is 0. The maximum Gasteiger partial charge on any atom is 0.258 e. The van der Waals surface area contributed by atoms with Crippen LogP contribution in [0.4, 0.5) is 5.69 Å². The highest BCUT2D eigenvalue weighted by Crippen LogP contribution is 2.30. The second kappa shape index (κ2) is 7.29. The highest BCUT2D eigenvalue weighted by Gasteiger charge is 2.29. The molecule has 1 fully saturated rings. The van der Waals surface area contributed by atoms with Crippen LogP contribution in [0.2, 0.25) is 0 Å². The Hall–Kier alpha value is -2.04. The molecule has 1 aromatic rings. The second-order valence-corrected chi connectivity index (χ2v) is 6.18. The van der Waals surface area contributed by atoms with E-state index in [-0.39, 0.29) is 30.4 Å². The average Bonchev–Trinajstić information content (AvgIpc) is 3.30. The summed E-state index contributed by atoms with van der Waals surface area (Å²) in [5.41, 5.74) is 0.699. The van der Waals surface area contributed by atoms with Crippen molar-refractivity contribution in [3.63, 3.8) is 0 Å². The molecule has 0 radical (unpaired) electrons. The van der Waals surface area contributed by atoms with E-state index in [4.69, 9.17) is 4.74 Å². The van der Waals surface area contributed by atoms with Crippen molar-refractivity contribution >= 4 is 17.5 Å². The van der Waals surface area contributed by atoms with E-state index in [2.05, 4.69) is 24.5 Å². The zero-order valence-electron chi connectivity index (χ0n) is 13.4. The van der Waals surface area contributed by atoms with Gasteiger partial charge in [0.1, 0.15) is 5.75 Å². The number of amides is 2. The first-order valence-electron chi connectivity index (χ1n) is 7.79. The summed E-state index contributed by atoms with van der Waals surface area (Å²) < 4.78 is 5.48. The Morgan fingerprint density at radius 1 is 1.27 bits per heavy atom. The topological polar surface area (TPSA) is 67.4 Å². The van der Waals surface area contributed by atoms with Crippen LogP contribution in [0.5, 0.6) is 5.75 Å². The summed E-state index contributed by atoms with van der Waals surface area (Å²) in [5, 5.41) is 5.75. The molecule has 22 heavy (non-hydrogen) atoms. The summed E-state index contributed by atoms with van der Waals surface area (Å²) in [5.74, 6) is 1.02. The van der Waals surface area contributed by atoms with Gasteiger partial charge in [0.05, 0.1) is 0 Å². The minimum atomic E-state index is -0.145. The highest BCUT2D eigenvalue weighted by atomic mass is 16.5. The molecule has 120 valence electrons. The molecule has 2 N–H and O–H groups in total. The van der Waals surface area contributed by atoms with Crippen LogP contribution in [0.3, 0.4) is 0 Å². The summed E-state index contributed by atoms with van der Waals surface area (Å²) in [4.78, 5) is 23.5. The third-order valence-electron chi connectivity index (χ3n) is 3.81. The lowest BCUT2D eigenvalue weighted by Crippen LogP contribution is -2.38. The van der Waals surface area contributed by atoms with Crippen LogP contribution in [0, 0.1) is 11.8 Å². The molecule has 5 nitrogen and oxygen atoms in total. The number of carbonyl (C=O) groups is 2. The Kier molecular flexibility index (Phi) is 5.41. The van der Waals surface area contributed by atoms with Crippen LogP contribution >= 0.6 is 0 Å². The van der Waals surface area contributed by atoms with E-state index in [9.17, 15) is 9.59 Å². The maximum atomic E-state index is 11.8. The molecular formula is C17H24N2O3. The molecule has 0 aliphatic heterocycles. The molecule has 1 unspecified atom stereocenters. The smallest absolute Gasteiger partial charge is 0.258 e. The fourth-order valence-electron chi connectivity index (χ4n) is 1.86. The van der Waals surface area contributed by atoms with Crippen molar-refractivity contribution < 1.29 is 14.3 Å². The van der Waals surface area contributed by atoms with Gasteiger partial charge in [0.15, 0.2) is 6.61 Å². The summed E-state index contributed by atoms with van der Waals surface area (Å²) in [6.45, 7) is 6.04. The van der Waals surface area contributed by atoms with Crippen LogP contribution < -0.4 is 15.4 Å². The molecule has 2 rings (SSSR count). The number of hydrogen-bond donors (Lipinski definition) is 2. The second-order valence-electron chi connectivity index (χ2n) is 6.18. The Bertz CT molecular complexity index is 538. The lowest BCUT2D eigenvalue weighted by Gasteiger charge is -2.17. The first-order valence-corrected chi connectivity index (χ1v) is 7.79. The Morgan fingerprint density at radius 2 is 2.00 bits per heavy atom. The highest BCUT2D eigenvalue weighted by molar-refractivity contribution is 5.94. The number of rotatable bonds is 7. The van der Waals surface area contributed by atoms with E-state index in [1.165, 1.54) is 0 Å². The maximum absolute atomic E-state index is 11.8. The molecule has 1 atom stereocenters. The largest absolute Gasteiger partial charge is 0.484 e. The van der Waals surface area contributed by atoms with Gasteiger partial charge in [0.2, 0.25) is 5.91 Å². The molecule has 2 amide bonds. The van der Waals surface area contributed by atoms with Crippen molar-refractivity contribution in [1.29, 1.82) is 0 Å². The van der Waals surface area contributed by atoms with Crippen molar-refractivity contribution in [3.8, 4) is 5.75 Å². The molecule has 0 spiro atoms. The minimum absolute atomic E-state index is 0.0307. The van der Waals surface area contributed by atoms with Crippen molar-refractivity contribution in [1.82, 2.24) is 5.32 Å². The minimum Gasteiger partial charge on any atom is -0.484 e. The summed E-state index contributed by atoms with van der Waals surface area (Å²) in [6, 6.07) is 7.23. The predicted octanol–water partition coefficient (Wildman–Crippen LogP) is 2.57. The molecule has 0 aromatic heterocycles. The number of carbonyl (C=O) groups excluding carboxylic acids is 2. The van der Waals surface area contributed by atoms with Gasteiger partial charge in [-0.15, -0.1) is 0 Å². The van der Waals surface area contributed by atoms with Gasteiger partial charge in [0.25, 0.3) is 5.91 Å². The number of hydrogen-bond acceptors (Lipinski definition) is 3. The number of anilines is 1. The van der Waals surface area contributed by atoms with E-state index >= 15 is 0 Å². The van der Waals surface area contributed by atoms with Crippen molar-refractivity contribution in [2.45, 2.75) is 39.7 Å². The zero-order chi connectivity index (χ0) is 16.1. The van der Waals surface area contributed by atoms with Gasteiger partial charge in [-0.2, -0.15) is 0 Å². The number of benzene rings is 1. The van der Waals surface area contributed by atoms with E-state index < -0.39 is 0 Å². The molecule has 0 saturated heterocycles. The SMILES string of the molecule is CC(C)C(C)NC(=O)COc1cccc(NC(=O)C2CC2)c1. The lowest BCUT2D eigenvalue weighted by molar-refractivity contribution is -0.124. The fourth-order valence-corrected chi connectivity index (χ4v) is 1.86. The third-order valence-corrected chi connectivity index (χ3v) is 3.81. The van der Waals surface area contributed by atoms with Gasteiger partial charge >= 0.3 is 0 Å². The van der Waals surface area contributed by atoms with Crippen LogP contribution in [-0.2, 0) is 9.59 Å². The van der Waals surface area contributed by atoms with Crippen LogP contribution in [-0.4, -0.2) is 24.5 Å². The van der Waals surface area contributed by atoms with E-state index in [0.29, 0.717) is 17.4 Å². The Labute approximate surface area is 131 Å². The Morgan fingerprint density at radius 3 is 2.64 bits per heavy atom. The molecule has 0 heterocycles. The van der Waals surface area contributed by atoms with Gasteiger partial charge in [-0.1, -0.05) is 19.9 Å². The zero-order valence-corrected chi connectivity index (χ0v) is 13.4. The predicted molar refractivity (Wildman–Crippen MR) is 85.7 cm³/mol. The first-order chi connectivity index (χ1) is 10.5. The summed E-state index contributed by atoms with van der Waals surface area (Å²) >= 11 is 0. The number of nitrogens with one attached hydrogen (secondary N) is 2. The molecule has 0 bridgehead atoms. The normalized spacial score (nSPS) is 15.3. The molecular weight excluding hydrogens is 280 g/mol.